The molecule has 3 nitrogen and oxygen atoms in total. The number of nitrogens with two attached hydrogens (primary N) is 1. The van der Waals surface area contributed by atoms with E-state index in [4.69, 9.17) is 10.5 Å². The van der Waals surface area contributed by atoms with Crippen molar-refractivity contribution in [2.24, 2.45) is 17.3 Å². The van der Waals surface area contributed by atoms with Crippen LogP contribution in [0.15, 0.2) is 12.1 Å². The fraction of sp³-hybridized carbons (Fsp3) is 0.632. The van der Waals surface area contributed by atoms with Gasteiger partial charge in [0.15, 0.2) is 0 Å². The zero-order valence-corrected chi connectivity index (χ0v) is 13.5. The number of carbonyl (C=O) groups excluding carboxylic acids is 1. The molecule has 0 amide bonds. The molecule has 3 heteroatoms. The maximum atomic E-state index is 12.4. The Balaban J connectivity index is 1.73. The molecule has 0 aliphatic heterocycles. The Hall–Kier alpha value is -1.51. The van der Waals surface area contributed by atoms with Crippen molar-refractivity contribution in [3.63, 3.8) is 0 Å². The van der Waals surface area contributed by atoms with E-state index in [-0.39, 0.29) is 5.41 Å². The average Bonchev–Trinajstić information content (AvgIpc) is 2.82. The third-order valence-electron chi connectivity index (χ3n) is 6.78. The van der Waals surface area contributed by atoms with Gasteiger partial charge < -0.3 is 10.5 Å². The Morgan fingerprint density at radius 3 is 2.82 bits per heavy atom. The van der Waals surface area contributed by atoms with Gasteiger partial charge in [0.25, 0.3) is 0 Å². The van der Waals surface area contributed by atoms with Crippen molar-refractivity contribution in [2.75, 3.05) is 12.8 Å². The van der Waals surface area contributed by atoms with Crippen molar-refractivity contribution in [3.8, 4) is 5.75 Å². The van der Waals surface area contributed by atoms with Gasteiger partial charge in [0, 0.05) is 11.8 Å². The number of aryl methyl sites for hydroxylation is 1. The summed E-state index contributed by atoms with van der Waals surface area (Å²) in [4.78, 5) is 12.4. The highest BCUT2D eigenvalue weighted by atomic mass is 16.5. The second-order valence-corrected chi connectivity index (χ2v) is 7.63. The summed E-state index contributed by atoms with van der Waals surface area (Å²) in [5, 5.41) is 0. The van der Waals surface area contributed by atoms with Crippen LogP contribution in [0.25, 0.3) is 0 Å². The van der Waals surface area contributed by atoms with Crippen LogP contribution in [0.2, 0.25) is 0 Å². The van der Waals surface area contributed by atoms with Gasteiger partial charge >= 0.3 is 0 Å². The first-order chi connectivity index (χ1) is 10.5. The molecule has 3 aliphatic carbocycles. The highest BCUT2D eigenvalue weighted by molar-refractivity contribution is 5.87. The number of hydrogen-bond donors (Lipinski definition) is 1. The predicted molar refractivity (Wildman–Crippen MR) is 87.0 cm³/mol. The van der Waals surface area contributed by atoms with E-state index in [1.165, 1.54) is 17.5 Å². The first-order valence-corrected chi connectivity index (χ1v) is 8.54. The molecule has 0 saturated heterocycles. The number of methoxy groups -OCH3 is 1. The summed E-state index contributed by atoms with van der Waals surface area (Å²) >= 11 is 0. The Morgan fingerprint density at radius 1 is 1.23 bits per heavy atom. The van der Waals surface area contributed by atoms with Crippen molar-refractivity contribution >= 4 is 11.5 Å². The van der Waals surface area contributed by atoms with Crippen molar-refractivity contribution in [3.05, 3.63) is 23.3 Å². The number of ketones is 1. The summed E-state index contributed by atoms with van der Waals surface area (Å²) in [6.07, 6.45) is 6.36. The van der Waals surface area contributed by atoms with Gasteiger partial charge in [-0.1, -0.05) is 6.92 Å². The van der Waals surface area contributed by atoms with Crippen LogP contribution in [-0.4, -0.2) is 12.9 Å². The molecule has 118 valence electrons. The molecule has 1 aromatic carbocycles. The molecule has 4 atom stereocenters. The van der Waals surface area contributed by atoms with E-state index in [2.05, 4.69) is 19.1 Å². The molecule has 0 bridgehead atoms. The number of benzene rings is 1. The minimum absolute atomic E-state index is 0.0450. The van der Waals surface area contributed by atoms with Crippen LogP contribution in [0.4, 0.5) is 5.69 Å². The van der Waals surface area contributed by atoms with Crippen molar-refractivity contribution in [1.82, 2.24) is 0 Å². The van der Waals surface area contributed by atoms with Crippen LogP contribution in [0.3, 0.4) is 0 Å². The molecule has 2 saturated carbocycles. The van der Waals surface area contributed by atoms with Gasteiger partial charge in [-0.25, -0.2) is 0 Å². The summed E-state index contributed by atoms with van der Waals surface area (Å²) in [5.74, 6) is 3.13. The van der Waals surface area contributed by atoms with Crippen LogP contribution in [-0.2, 0) is 11.2 Å². The maximum Gasteiger partial charge on any atom is 0.142 e. The van der Waals surface area contributed by atoms with Crippen LogP contribution in [0.5, 0.6) is 5.75 Å². The molecule has 1 aromatic rings. The van der Waals surface area contributed by atoms with Gasteiger partial charge in [-0.3, -0.25) is 4.79 Å². The van der Waals surface area contributed by atoms with E-state index >= 15 is 0 Å². The van der Waals surface area contributed by atoms with Crippen molar-refractivity contribution in [1.29, 1.82) is 0 Å². The molecule has 2 fully saturated rings. The number of nitrogen functional groups attached to an aromatic ring is 1. The number of fused-ring (bicyclic) bond motifs is 5. The molecule has 0 heterocycles. The van der Waals surface area contributed by atoms with E-state index < -0.39 is 0 Å². The summed E-state index contributed by atoms with van der Waals surface area (Å²) in [6.45, 7) is 2.22. The number of hydrogen-bond acceptors (Lipinski definition) is 3. The van der Waals surface area contributed by atoms with E-state index in [0.29, 0.717) is 23.5 Å². The van der Waals surface area contributed by atoms with Gasteiger partial charge in [-0.2, -0.15) is 0 Å². The highest BCUT2D eigenvalue weighted by Gasteiger charge is 2.54. The number of carbonyl (C=O) groups is 1. The Bertz CT molecular complexity index is 639. The number of ether oxygens (including phenoxy) is 1. The topological polar surface area (TPSA) is 52.3 Å². The van der Waals surface area contributed by atoms with Crippen LogP contribution < -0.4 is 10.5 Å². The standard InChI is InChI=1S/C19H25NO2/c1-19-8-7-12-13(15(19)5-6-18(19)21)4-3-11-9-17(22-2)16(20)10-14(11)12/h9-10,12-13,15H,3-8,20H2,1-2H3. The van der Waals surface area contributed by atoms with Gasteiger partial charge in [-0.05, 0) is 73.1 Å². The summed E-state index contributed by atoms with van der Waals surface area (Å²) < 4.78 is 5.38. The molecule has 0 radical (unpaired) electrons. The van der Waals surface area contributed by atoms with E-state index in [0.717, 1.165) is 43.5 Å². The molecule has 4 rings (SSSR count). The lowest BCUT2D eigenvalue weighted by molar-refractivity contribution is -0.129. The molecular formula is C19H25NO2. The first kappa shape index (κ1) is 14.1. The summed E-state index contributed by atoms with van der Waals surface area (Å²) in [5.41, 5.74) is 9.69. The molecule has 3 aliphatic rings. The van der Waals surface area contributed by atoms with Crippen molar-refractivity contribution < 1.29 is 9.53 Å². The fourth-order valence-electron chi connectivity index (χ4n) is 5.56. The third kappa shape index (κ3) is 1.77. The smallest absolute Gasteiger partial charge is 0.142 e. The quantitative estimate of drug-likeness (QED) is 0.804. The predicted octanol–water partition coefficient (Wildman–Crippen LogP) is 3.70. The Morgan fingerprint density at radius 2 is 2.05 bits per heavy atom. The lowest BCUT2D eigenvalue weighted by Crippen LogP contribution is -2.42. The molecule has 0 spiro atoms. The second-order valence-electron chi connectivity index (χ2n) is 7.63. The van der Waals surface area contributed by atoms with Crippen molar-refractivity contribution in [2.45, 2.75) is 51.4 Å². The molecular weight excluding hydrogens is 274 g/mol. The zero-order valence-electron chi connectivity index (χ0n) is 13.5. The summed E-state index contributed by atoms with van der Waals surface area (Å²) in [6, 6.07) is 4.28. The zero-order chi connectivity index (χ0) is 15.5. The largest absolute Gasteiger partial charge is 0.495 e. The molecule has 0 aromatic heterocycles. The maximum absolute atomic E-state index is 12.4. The minimum atomic E-state index is -0.0450. The molecule has 4 unspecified atom stereocenters. The minimum Gasteiger partial charge on any atom is -0.495 e. The first-order valence-electron chi connectivity index (χ1n) is 8.54. The highest BCUT2D eigenvalue weighted by Crippen LogP contribution is 2.59. The monoisotopic (exact) mass is 299 g/mol. The molecule has 2 N–H and O–H groups in total. The lowest BCUT2D eigenvalue weighted by atomic mass is 9.55. The molecule has 22 heavy (non-hydrogen) atoms. The summed E-state index contributed by atoms with van der Waals surface area (Å²) in [7, 11) is 1.68. The van der Waals surface area contributed by atoms with Gasteiger partial charge in [0.2, 0.25) is 0 Å². The SMILES string of the molecule is COc1cc2c(cc1N)C1CCC3(C)C(=O)CCC3C1CC2. The van der Waals surface area contributed by atoms with Crippen LogP contribution in [0, 0.1) is 17.3 Å². The van der Waals surface area contributed by atoms with E-state index in [1.807, 2.05) is 0 Å². The Kier molecular flexibility index (Phi) is 3.04. The second kappa shape index (κ2) is 4.74. The third-order valence-corrected chi connectivity index (χ3v) is 6.78. The van der Waals surface area contributed by atoms with Crippen LogP contribution in [0.1, 0.15) is 56.1 Å². The van der Waals surface area contributed by atoms with Gasteiger partial charge in [0.05, 0.1) is 12.8 Å². The van der Waals surface area contributed by atoms with Crippen LogP contribution >= 0.6 is 0 Å². The van der Waals surface area contributed by atoms with Gasteiger partial charge in [0.1, 0.15) is 11.5 Å². The Labute approximate surface area is 132 Å². The lowest BCUT2D eigenvalue weighted by Gasteiger charge is -2.48. The normalized spacial score (nSPS) is 36.5. The van der Waals surface area contributed by atoms with E-state index in [1.54, 1.807) is 7.11 Å². The fourth-order valence-corrected chi connectivity index (χ4v) is 5.56. The number of anilines is 1. The number of Topliss-reactive ketones (excluding diaryl/α,β-unsaturated/α-hetero) is 1. The van der Waals surface area contributed by atoms with E-state index in [9.17, 15) is 4.79 Å². The average molecular weight is 299 g/mol. The van der Waals surface area contributed by atoms with Gasteiger partial charge in [-0.15, -0.1) is 0 Å². The number of rotatable bonds is 1.